The minimum absolute atomic E-state index is 0.265. The van der Waals surface area contributed by atoms with Crippen molar-refractivity contribution in [1.82, 2.24) is 0 Å². The number of hydrogen-bond acceptors (Lipinski definition) is 4. The van der Waals surface area contributed by atoms with E-state index in [9.17, 15) is 14.4 Å². The van der Waals surface area contributed by atoms with Crippen LogP contribution in [0.5, 0.6) is 0 Å². The maximum Gasteiger partial charge on any atom is 0.337 e. The van der Waals surface area contributed by atoms with Gasteiger partial charge in [-0.3, -0.25) is 14.5 Å². The van der Waals surface area contributed by atoms with E-state index in [1.54, 1.807) is 25.1 Å². The summed E-state index contributed by atoms with van der Waals surface area (Å²) < 4.78 is 4.66. The van der Waals surface area contributed by atoms with E-state index in [0.29, 0.717) is 17.1 Å². The second-order valence-corrected chi connectivity index (χ2v) is 4.45. The van der Waals surface area contributed by atoms with Crippen LogP contribution in [0.25, 0.3) is 0 Å². The van der Waals surface area contributed by atoms with Crippen molar-refractivity contribution in [3.8, 4) is 0 Å². The molecule has 0 radical (unpaired) electrons. The van der Waals surface area contributed by atoms with Crippen LogP contribution in [0.3, 0.4) is 0 Å². The molecule has 2 amide bonds. The minimum atomic E-state index is -0.485. The van der Waals surface area contributed by atoms with Crippen LogP contribution in [0, 0.1) is 6.92 Å². The van der Waals surface area contributed by atoms with Crippen LogP contribution in [0.15, 0.2) is 23.2 Å². The number of carbonyl (C=O) groups is 3. The van der Waals surface area contributed by atoms with Crippen LogP contribution in [-0.4, -0.2) is 30.7 Å². The molecule has 0 spiro atoms. The summed E-state index contributed by atoms with van der Waals surface area (Å²) in [5.74, 6) is -0.990. The molecule has 1 aliphatic heterocycles. The minimum Gasteiger partial charge on any atom is -0.465 e. The highest BCUT2D eigenvalue weighted by Crippen LogP contribution is 2.25. The molecule has 104 valence electrons. The summed E-state index contributed by atoms with van der Waals surface area (Å²) in [6.07, 6.45) is -0.265. The third kappa shape index (κ3) is 2.45. The summed E-state index contributed by atoms with van der Waals surface area (Å²) in [5, 5.41) is 0. The van der Waals surface area contributed by atoms with Crippen molar-refractivity contribution in [1.29, 1.82) is 0 Å². The van der Waals surface area contributed by atoms with E-state index in [-0.39, 0.29) is 12.3 Å². The van der Waals surface area contributed by atoms with Gasteiger partial charge in [0.15, 0.2) is 0 Å². The molecule has 0 aliphatic carbocycles. The summed E-state index contributed by atoms with van der Waals surface area (Å²) in [4.78, 5) is 40.0. The first kappa shape index (κ1) is 13.9. The Kier molecular flexibility index (Phi) is 3.65. The average molecular weight is 274 g/mol. The van der Waals surface area contributed by atoms with Gasteiger partial charge in [-0.05, 0) is 31.5 Å². The molecule has 0 aromatic heterocycles. The van der Waals surface area contributed by atoms with Gasteiger partial charge in [0.25, 0.3) is 5.91 Å². The number of amides is 2. The zero-order valence-electron chi connectivity index (χ0n) is 11.5. The number of methoxy groups -OCH3 is 1. The van der Waals surface area contributed by atoms with E-state index in [2.05, 4.69) is 9.73 Å². The predicted octanol–water partition coefficient (Wildman–Crippen LogP) is 1.46. The molecule has 0 fully saturated rings. The average Bonchev–Trinajstić information content (AvgIpc) is 2.38. The Bertz CT molecular complexity index is 634. The van der Waals surface area contributed by atoms with Gasteiger partial charge in [0.2, 0.25) is 5.91 Å². The van der Waals surface area contributed by atoms with Crippen molar-refractivity contribution in [3.05, 3.63) is 29.3 Å². The molecular weight excluding hydrogens is 260 g/mol. The van der Waals surface area contributed by atoms with Gasteiger partial charge in [0, 0.05) is 0 Å². The summed E-state index contributed by atoms with van der Waals surface area (Å²) >= 11 is 0. The molecule has 1 aromatic carbocycles. The third-order valence-electron chi connectivity index (χ3n) is 3.03. The lowest BCUT2D eigenvalue weighted by atomic mass is 10.1. The Hall–Kier alpha value is -2.50. The highest BCUT2D eigenvalue weighted by molar-refractivity contribution is 6.26. The number of hydrogen-bond donors (Lipinski definition) is 0. The van der Waals surface area contributed by atoms with Crippen LogP contribution in [0.2, 0.25) is 0 Å². The first-order valence-electron chi connectivity index (χ1n) is 6.04. The molecule has 0 atom stereocenters. The summed E-state index contributed by atoms with van der Waals surface area (Å²) in [6, 6.07) is 4.91. The number of aryl methyl sites for hydroxylation is 1. The smallest absolute Gasteiger partial charge is 0.337 e. The van der Waals surface area contributed by atoms with Crippen LogP contribution in [0.1, 0.15) is 29.3 Å². The normalized spacial score (nSPS) is 15.2. The highest BCUT2D eigenvalue weighted by Gasteiger charge is 2.28. The molecule has 0 saturated heterocycles. The molecule has 0 N–H and O–H groups in total. The van der Waals surface area contributed by atoms with Crippen LogP contribution in [-0.2, 0) is 14.3 Å². The van der Waals surface area contributed by atoms with Crippen LogP contribution < -0.4 is 4.90 Å². The molecule has 20 heavy (non-hydrogen) atoms. The molecule has 1 aromatic rings. The van der Waals surface area contributed by atoms with E-state index < -0.39 is 11.9 Å². The summed E-state index contributed by atoms with van der Waals surface area (Å²) in [6.45, 7) is 3.40. The number of ether oxygens (including phenoxy) is 1. The van der Waals surface area contributed by atoms with Gasteiger partial charge in [0.05, 0.1) is 18.4 Å². The molecule has 2 rings (SSSR count). The number of amidine groups is 1. The molecule has 0 unspecified atom stereocenters. The Morgan fingerprint density at radius 3 is 2.60 bits per heavy atom. The second kappa shape index (κ2) is 5.24. The van der Waals surface area contributed by atoms with Gasteiger partial charge < -0.3 is 4.74 Å². The lowest BCUT2D eigenvalue weighted by Crippen LogP contribution is -2.41. The number of anilines is 1. The molecular formula is C14H14N2O4. The maximum atomic E-state index is 12.0. The first-order chi connectivity index (χ1) is 9.43. The lowest BCUT2D eigenvalue weighted by Gasteiger charge is -2.26. The fraction of sp³-hybridized carbons (Fsp3) is 0.286. The zero-order valence-corrected chi connectivity index (χ0v) is 11.5. The number of nitrogens with zero attached hydrogens (tertiary/aromatic N) is 2. The van der Waals surface area contributed by atoms with E-state index in [1.165, 1.54) is 12.0 Å². The Balaban J connectivity index is 2.51. The van der Waals surface area contributed by atoms with E-state index in [0.717, 1.165) is 5.56 Å². The van der Waals surface area contributed by atoms with Crippen molar-refractivity contribution in [2.45, 2.75) is 20.3 Å². The Labute approximate surface area is 116 Å². The zero-order chi connectivity index (χ0) is 14.9. The molecule has 0 bridgehead atoms. The monoisotopic (exact) mass is 274 g/mol. The molecule has 0 saturated carbocycles. The van der Waals surface area contributed by atoms with Gasteiger partial charge in [-0.25, -0.2) is 4.79 Å². The van der Waals surface area contributed by atoms with Gasteiger partial charge in [-0.15, -0.1) is 0 Å². The largest absolute Gasteiger partial charge is 0.465 e. The van der Waals surface area contributed by atoms with Gasteiger partial charge >= 0.3 is 5.97 Å². The van der Waals surface area contributed by atoms with Crippen molar-refractivity contribution in [2.24, 2.45) is 4.99 Å². The molecule has 1 heterocycles. The number of rotatable bonds is 2. The van der Waals surface area contributed by atoms with Gasteiger partial charge in [-0.1, -0.05) is 6.07 Å². The fourth-order valence-corrected chi connectivity index (χ4v) is 2.06. The lowest BCUT2D eigenvalue weighted by molar-refractivity contribution is -0.126. The van der Waals surface area contributed by atoms with E-state index >= 15 is 0 Å². The molecule has 6 heteroatoms. The Morgan fingerprint density at radius 2 is 2.00 bits per heavy atom. The summed E-state index contributed by atoms with van der Waals surface area (Å²) in [5.41, 5.74) is 1.67. The highest BCUT2D eigenvalue weighted by atomic mass is 16.5. The number of esters is 1. The number of carbonyl (C=O) groups excluding carboxylic acids is 3. The maximum absolute atomic E-state index is 12.0. The fourth-order valence-electron chi connectivity index (χ4n) is 2.06. The van der Waals surface area contributed by atoms with Crippen LogP contribution in [0.4, 0.5) is 5.69 Å². The molecule has 6 nitrogen and oxygen atoms in total. The standard InChI is InChI=1S/C14H14N2O4/c1-8-4-5-10(14(19)20-3)6-11(8)16-9(2)15-12(17)7-13(16)18/h4-6H,7H2,1-3H3. The van der Waals surface area contributed by atoms with Crippen LogP contribution >= 0.6 is 0 Å². The summed E-state index contributed by atoms with van der Waals surface area (Å²) in [7, 11) is 1.29. The number of aliphatic imine (C=N–C) groups is 1. The predicted molar refractivity (Wildman–Crippen MR) is 72.7 cm³/mol. The topological polar surface area (TPSA) is 76.0 Å². The first-order valence-corrected chi connectivity index (χ1v) is 6.04. The van der Waals surface area contributed by atoms with Crippen molar-refractivity contribution in [3.63, 3.8) is 0 Å². The Morgan fingerprint density at radius 1 is 1.30 bits per heavy atom. The SMILES string of the molecule is COC(=O)c1ccc(C)c(N2C(=O)CC(=O)N=C2C)c1. The third-order valence-corrected chi connectivity index (χ3v) is 3.03. The molecule has 1 aliphatic rings. The van der Waals surface area contributed by atoms with Crippen molar-refractivity contribution in [2.75, 3.05) is 12.0 Å². The van der Waals surface area contributed by atoms with Crippen molar-refractivity contribution >= 4 is 29.3 Å². The number of benzene rings is 1. The van der Waals surface area contributed by atoms with Gasteiger partial charge in [0.1, 0.15) is 12.3 Å². The van der Waals surface area contributed by atoms with E-state index in [1.807, 2.05) is 6.92 Å². The van der Waals surface area contributed by atoms with E-state index in [4.69, 9.17) is 0 Å². The van der Waals surface area contributed by atoms with Crippen molar-refractivity contribution < 1.29 is 19.1 Å². The van der Waals surface area contributed by atoms with Gasteiger partial charge in [-0.2, -0.15) is 4.99 Å². The second-order valence-electron chi connectivity index (χ2n) is 4.45. The quantitative estimate of drug-likeness (QED) is 0.604.